The second-order valence-corrected chi connectivity index (χ2v) is 13.9. The molecule has 9 heteroatoms. The molecule has 0 fully saturated rings. The van der Waals surface area contributed by atoms with Gasteiger partial charge in [-0.25, -0.2) is 4.57 Å². The summed E-state index contributed by atoms with van der Waals surface area (Å²) in [4.78, 5) is 16.4. The first-order chi connectivity index (χ1) is 18.7. The summed E-state index contributed by atoms with van der Waals surface area (Å²) in [5, 5.41) is 3.88. The number of methoxy groups -OCH3 is 1. The zero-order chi connectivity index (χ0) is 27.1. The Hall–Kier alpha value is -2.78. The molecular weight excluding hydrogens is 576 g/mol. The van der Waals surface area contributed by atoms with Gasteiger partial charge in [-0.1, -0.05) is 15.9 Å². The van der Waals surface area contributed by atoms with E-state index in [2.05, 4.69) is 80.2 Å². The summed E-state index contributed by atoms with van der Waals surface area (Å²) in [6, 6.07) is 8.63. The molecule has 39 heavy (non-hydrogen) atoms. The van der Waals surface area contributed by atoms with E-state index in [1.54, 1.807) is 11.3 Å². The number of carbonyl (C=O) groups excluding carboxylic acids is 1. The highest BCUT2D eigenvalue weighted by molar-refractivity contribution is 9.10. The summed E-state index contributed by atoms with van der Waals surface area (Å²) in [5.74, 6) is 1.81. The molecule has 0 aliphatic carbocycles. The summed E-state index contributed by atoms with van der Waals surface area (Å²) in [6.45, 7) is 9.24. The normalized spacial score (nSPS) is 18.3. The number of aryl methyl sites for hydroxylation is 1. The van der Waals surface area contributed by atoms with Gasteiger partial charge in [-0.2, -0.15) is 4.40 Å². The average Bonchev–Trinajstić information content (AvgIpc) is 3.34. The number of aromatic nitrogens is 2. The van der Waals surface area contributed by atoms with Gasteiger partial charge in [0.1, 0.15) is 18.4 Å². The number of fused-ring (bicyclic) bond motifs is 8. The molecule has 1 atom stereocenters. The maximum absolute atomic E-state index is 12.7. The van der Waals surface area contributed by atoms with E-state index in [1.807, 2.05) is 0 Å². The van der Waals surface area contributed by atoms with Crippen LogP contribution >= 0.6 is 27.3 Å². The number of anilines is 2. The third-order valence-corrected chi connectivity index (χ3v) is 9.69. The summed E-state index contributed by atoms with van der Waals surface area (Å²) >= 11 is 5.41. The van der Waals surface area contributed by atoms with Gasteiger partial charge in [-0.05, 0) is 87.6 Å². The Labute approximate surface area is 240 Å². The number of carbonyl (C=O) groups is 1. The predicted octanol–water partition coefficient (Wildman–Crippen LogP) is 6.28. The van der Waals surface area contributed by atoms with Crippen molar-refractivity contribution in [3.05, 3.63) is 39.9 Å². The van der Waals surface area contributed by atoms with E-state index in [4.69, 9.17) is 9.47 Å². The highest BCUT2D eigenvalue weighted by Gasteiger charge is 2.42. The molecule has 0 amide bonds. The SMILES string of the molecule is COC(=O)CC1COc2c(cc3c4c2CCCN4CCC3)-c2c(NC(C)(C)C)n3c4ccc(Br)cc4sc3[n+]21. The minimum Gasteiger partial charge on any atom is -0.488 e. The zero-order valence-electron chi connectivity index (χ0n) is 22.9. The minimum atomic E-state index is -0.228. The fraction of sp³-hybridized carbons (Fsp3) is 0.467. The number of rotatable bonds is 3. The van der Waals surface area contributed by atoms with E-state index < -0.39 is 0 Å². The summed E-state index contributed by atoms with van der Waals surface area (Å²) < 4.78 is 18.9. The maximum atomic E-state index is 12.7. The van der Waals surface area contributed by atoms with Crippen LogP contribution in [0.25, 0.3) is 26.4 Å². The third kappa shape index (κ3) is 4.03. The lowest BCUT2D eigenvalue weighted by Crippen LogP contribution is -2.43. The van der Waals surface area contributed by atoms with E-state index in [0.29, 0.717) is 6.61 Å². The Kier molecular flexibility index (Phi) is 5.90. The molecule has 2 aromatic heterocycles. The lowest BCUT2D eigenvalue weighted by Gasteiger charge is -2.38. The Morgan fingerprint density at radius 1 is 1.23 bits per heavy atom. The molecule has 0 spiro atoms. The van der Waals surface area contributed by atoms with Gasteiger partial charge in [0.15, 0.2) is 5.52 Å². The van der Waals surface area contributed by atoms with Gasteiger partial charge in [-0.15, -0.1) is 0 Å². The van der Waals surface area contributed by atoms with Crippen LogP contribution < -0.4 is 19.5 Å². The van der Waals surface area contributed by atoms with E-state index in [9.17, 15) is 4.79 Å². The summed E-state index contributed by atoms with van der Waals surface area (Å²) in [6.07, 6.45) is 4.66. The van der Waals surface area contributed by atoms with E-state index in [-0.39, 0.29) is 24.0 Å². The molecule has 7 nitrogen and oxygen atoms in total. The van der Waals surface area contributed by atoms with Gasteiger partial charge in [0.2, 0.25) is 11.5 Å². The molecule has 0 bridgehead atoms. The fourth-order valence-electron chi connectivity index (χ4n) is 6.61. The van der Waals surface area contributed by atoms with Crippen molar-refractivity contribution in [2.45, 2.75) is 64.5 Å². The van der Waals surface area contributed by atoms with Crippen LogP contribution in [0.5, 0.6) is 5.75 Å². The average molecular weight is 611 g/mol. The Balaban J connectivity index is 1.59. The van der Waals surface area contributed by atoms with Crippen molar-refractivity contribution < 1.29 is 18.8 Å². The van der Waals surface area contributed by atoms with Crippen molar-refractivity contribution >= 4 is 59.9 Å². The molecule has 5 heterocycles. The van der Waals surface area contributed by atoms with Crippen LogP contribution in [-0.4, -0.2) is 42.7 Å². The number of halogens is 1. The van der Waals surface area contributed by atoms with E-state index >= 15 is 0 Å². The molecule has 0 saturated carbocycles. The van der Waals surface area contributed by atoms with Crippen molar-refractivity contribution in [3.63, 3.8) is 0 Å². The number of ether oxygens (including phenoxy) is 2. The maximum Gasteiger partial charge on any atom is 0.349 e. The molecule has 1 N–H and O–H groups in total. The van der Waals surface area contributed by atoms with Gasteiger partial charge in [0, 0.05) is 34.4 Å². The molecule has 2 aromatic carbocycles. The van der Waals surface area contributed by atoms with Crippen molar-refractivity contribution in [3.8, 4) is 17.0 Å². The Morgan fingerprint density at radius 2 is 2.03 bits per heavy atom. The van der Waals surface area contributed by atoms with Crippen LogP contribution in [0.1, 0.15) is 57.2 Å². The third-order valence-electron chi connectivity index (χ3n) is 8.09. The number of hydrogen-bond donors (Lipinski definition) is 1. The highest BCUT2D eigenvalue weighted by atomic mass is 79.9. The van der Waals surface area contributed by atoms with E-state index in [0.717, 1.165) is 70.1 Å². The smallest absolute Gasteiger partial charge is 0.349 e. The number of benzene rings is 2. The van der Waals surface area contributed by atoms with Crippen LogP contribution in [0, 0.1) is 0 Å². The summed E-state index contributed by atoms with van der Waals surface area (Å²) in [7, 11) is 1.46. The number of esters is 1. The molecule has 4 aromatic rings. The zero-order valence-corrected chi connectivity index (χ0v) is 25.3. The number of nitrogens with zero attached hydrogens (tertiary/aromatic N) is 3. The van der Waals surface area contributed by atoms with Crippen LogP contribution in [-0.2, 0) is 22.4 Å². The largest absolute Gasteiger partial charge is 0.488 e. The van der Waals surface area contributed by atoms with E-state index in [1.165, 1.54) is 35.0 Å². The van der Waals surface area contributed by atoms with Crippen LogP contribution in [0.15, 0.2) is 28.7 Å². The number of hydrogen-bond acceptors (Lipinski definition) is 6. The first-order valence-electron chi connectivity index (χ1n) is 13.8. The summed E-state index contributed by atoms with van der Waals surface area (Å²) in [5.41, 5.74) is 7.35. The number of thiazole rings is 1. The van der Waals surface area contributed by atoms with Crippen LogP contribution in [0.2, 0.25) is 0 Å². The molecule has 3 aliphatic rings. The lowest BCUT2D eigenvalue weighted by atomic mass is 9.88. The molecule has 0 saturated heterocycles. The van der Waals surface area contributed by atoms with Crippen molar-refractivity contribution in [1.29, 1.82) is 0 Å². The molecule has 204 valence electrons. The van der Waals surface area contributed by atoms with Gasteiger partial charge in [-0.3, -0.25) is 4.79 Å². The van der Waals surface area contributed by atoms with Gasteiger partial charge in [0.25, 0.3) is 0 Å². The second-order valence-electron chi connectivity index (χ2n) is 12.0. The first kappa shape index (κ1) is 25.2. The molecule has 0 radical (unpaired) electrons. The standard InChI is InChI=1S/C30H34BrN4O3S/c1-30(2,3)32-28-26-21-13-17-7-5-11-33-12-6-8-20(25(17)33)27(21)38-16-19(15-24(36)37-4)34(26)29-35(28)22-10-9-18(31)14-23(22)39-29/h9-10,13-14,19,32H,5-8,11-12,15-16H2,1-4H3/q+1. The topological polar surface area (TPSA) is 59.1 Å². The quantitative estimate of drug-likeness (QED) is 0.219. The highest BCUT2D eigenvalue weighted by Crippen LogP contribution is 2.49. The van der Waals surface area contributed by atoms with Crippen molar-refractivity contribution in [1.82, 2.24) is 4.40 Å². The van der Waals surface area contributed by atoms with Crippen LogP contribution in [0.3, 0.4) is 0 Å². The first-order valence-corrected chi connectivity index (χ1v) is 15.4. The molecule has 3 aliphatic heterocycles. The predicted molar refractivity (Wildman–Crippen MR) is 160 cm³/mol. The molecule has 1 unspecified atom stereocenters. The van der Waals surface area contributed by atoms with Gasteiger partial charge >= 0.3 is 10.9 Å². The monoisotopic (exact) mass is 609 g/mol. The minimum absolute atomic E-state index is 0.184. The van der Waals surface area contributed by atoms with Crippen molar-refractivity contribution in [2.75, 3.05) is 37.0 Å². The second kappa shape index (κ2) is 9.13. The van der Waals surface area contributed by atoms with Gasteiger partial charge < -0.3 is 19.7 Å². The molecular formula is C30H34BrN4O3S+. The van der Waals surface area contributed by atoms with Gasteiger partial charge in [0.05, 0.1) is 23.8 Å². The van der Waals surface area contributed by atoms with Crippen LogP contribution in [0.4, 0.5) is 11.5 Å². The number of imidazole rings is 1. The molecule has 7 rings (SSSR count). The number of nitrogens with one attached hydrogen (secondary N) is 1. The Bertz CT molecular complexity index is 1650. The fourth-order valence-corrected chi connectivity index (χ4v) is 8.39. The van der Waals surface area contributed by atoms with Crippen molar-refractivity contribution in [2.24, 2.45) is 0 Å². The lowest BCUT2D eigenvalue weighted by molar-refractivity contribution is -0.684. The Morgan fingerprint density at radius 3 is 2.79 bits per heavy atom.